The Morgan fingerprint density at radius 1 is 1.10 bits per heavy atom. The quantitative estimate of drug-likeness (QED) is 0.908. The third-order valence-corrected chi connectivity index (χ3v) is 4.06. The first-order chi connectivity index (χ1) is 9.76. The molecule has 2 aromatic carbocycles. The molecule has 1 atom stereocenters. The summed E-state index contributed by atoms with van der Waals surface area (Å²) in [5.74, 6) is 0.925. The number of rotatable bonds is 3. The highest BCUT2D eigenvalue weighted by atomic mass is 16.5. The summed E-state index contributed by atoms with van der Waals surface area (Å²) in [5, 5.41) is 3.66. The van der Waals surface area contributed by atoms with Crippen molar-refractivity contribution in [3.05, 3.63) is 59.2 Å². The van der Waals surface area contributed by atoms with Crippen LogP contribution in [0.3, 0.4) is 0 Å². The minimum Gasteiger partial charge on any atom is -0.495 e. The second-order valence-electron chi connectivity index (χ2n) is 5.56. The van der Waals surface area contributed by atoms with Crippen molar-refractivity contribution in [2.75, 3.05) is 12.4 Å². The summed E-state index contributed by atoms with van der Waals surface area (Å²) in [7, 11) is 1.73. The molecule has 0 fully saturated rings. The zero-order valence-electron chi connectivity index (χ0n) is 12.1. The van der Waals surface area contributed by atoms with Gasteiger partial charge in [-0.2, -0.15) is 0 Å². The fourth-order valence-electron chi connectivity index (χ4n) is 2.98. The number of benzene rings is 2. The van der Waals surface area contributed by atoms with Crippen LogP contribution in [0, 0.1) is 6.92 Å². The Kier molecular flexibility index (Phi) is 3.64. The molecule has 0 aromatic heterocycles. The van der Waals surface area contributed by atoms with Gasteiger partial charge in [-0.25, -0.2) is 0 Å². The Morgan fingerprint density at radius 3 is 2.70 bits per heavy atom. The Morgan fingerprint density at radius 2 is 1.90 bits per heavy atom. The number of nitrogens with one attached hydrogen (secondary N) is 1. The number of fused-ring (bicyclic) bond motifs is 1. The molecular formula is C18H21NO. The van der Waals surface area contributed by atoms with E-state index in [0.717, 1.165) is 24.3 Å². The lowest BCUT2D eigenvalue weighted by atomic mass is 9.88. The van der Waals surface area contributed by atoms with E-state index < -0.39 is 0 Å². The number of ether oxygens (including phenoxy) is 1. The maximum atomic E-state index is 5.45. The predicted molar refractivity (Wildman–Crippen MR) is 83.6 cm³/mol. The van der Waals surface area contributed by atoms with Crippen molar-refractivity contribution in [3.8, 4) is 5.75 Å². The van der Waals surface area contributed by atoms with Crippen molar-refractivity contribution in [2.45, 2.75) is 32.2 Å². The van der Waals surface area contributed by atoms with Crippen molar-refractivity contribution >= 4 is 5.69 Å². The van der Waals surface area contributed by atoms with Crippen LogP contribution in [0.1, 0.15) is 23.1 Å². The summed E-state index contributed by atoms with van der Waals surface area (Å²) in [6.07, 6.45) is 3.42. The number of hydrogen-bond acceptors (Lipinski definition) is 2. The summed E-state index contributed by atoms with van der Waals surface area (Å²) in [6.45, 7) is 2.11. The number of methoxy groups -OCH3 is 1. The number of hydrogen-bond donors (Lipinski definition) is 1. The molecule has 2 nitrogen and oxygen atoms in total. The number of anilines is 1. The van der Waals surface area contributed by atoms with Crippen LogP contribution in [0.2, 0.25) is 0 Å². The highest BCUT2D eigenvalue weighted by molar-refractivity contribution is 5.58. The lowest BCUT2D eigenvalue weighted by Crippen LogP contribution is -2.27. The fraction of sp³-hybridized carbons (Fsp3) is 0.333. The Balaban J connectivity index is 1.78. The smallest absolute Gasteiger partial charge is 0.141 e. The molecule has 0 saturated heterocycles. The maximum Gasteiger partial charge on any atom is 0.141 e. The van der Waals surface area contributed by atoms with Crippen molar-refractivity contribution in [2.24, 2.45) is 0 Å². The van der Waals surface area contributed by atoms with Gasteiger partial charge < -0.3 is 10.1 Å². The van der Waals surface area contributed by atoms with Gasteiger partial charge in [0, 0.05) is 6.04 Å². The van der Waals surface area contributed by atoms with Crippen molar-refractivity contribution in [1.82, 2.24) is 0 Å². The number of aryl methyl sites for hydroxylation is 2. The summed E-state index contributed by atoms with van der Waals surface area (Å²) in [5.41, 5.74) is 5.34. The molecular weight excluding hydrogens is 246 g/mol. The summed E-state index contributed by atoms with van der Waals surface area (Å²) < 4.78 is 5.45. The van der Waals surface area contributed by atoms with Crippen LogP contribution in [0.4, 0.5) is 5.69 Å². The molecule has 1 aliphatic rings. The summed E-state index contributed by atoms with van der Waals surface area (Å²) in [4.78, 5) is 0. The average molecular weight is 267 g/mol. The predicted octanol–water partition coefficient (Wildman–Crippen LogP) is 3.97. The summed E-state index contributed by atoms with van der Waals surface area (Å²) >= 11 is 0. The summed E-state index contributed by atoms with van der Waals surface area (Å²) in [6, 6.07) is 15.5. The van der Waals surface area contributed by atoms with Crippen molar-refractivity contribution in [1.29, 1.82) is 0 Å². The molecule has 0 bridgehead atoms. The second kappa shape index (κ2) is 5.58. The van der Waals surface area contributed by atoms with Gasteiger partial charge in [-0.3, -0.25) is 0 Å². The van der Waals surface area contributed by atoms with Gasteiger partial charge in [-0.1, -0.05) is 30.3 Å². The molecule has 2 aromatic rings. The van der Waals surface area contributed by atoms with Crippen LogP contribution >= 0.6 is 0 Å². The van der Waals surface area contributed by atoms with Crippen LogP contribution in [0.5, 0.6) is 5.75 Å². The van der Waals surface area contributed by atoms with E-state index in [2.05, 4.69) is 48.6 Å². The van der Waals surface area contributed by atoms with E-state index in [4.69, 9.17) is 4.74 Å². The van der Waals surface area contributed by atoms with E-state index >= 15 is 0 Å². The van der Waals surface area contributed by atoms with Gasteiger partial charge in [0.15, 0.2) is 0 Å². The van der Waals surface area contributed by atoms with E-state index in [1.807, 2.05) is 6.07 Å². The van der Waals surface area contributed by atoms with Crippen molar-refractivity contribution in [3.63, 3.8) is 0 Å². The molecule has 20 heavy (non-hydrogen) atoms. The van der Waals surface area contributed by atoms with Gasteiger partial charge >= 0.3 is 0 Å². The first-order valence-electron chi connectivity index (χ1n) is 7.24. The highest BCUT2D eigenvalue weighted by Gasteiger charge is 2.19. The highest BCUT2D eigenvalue weighted by Crippen LogP contribution is 2.29. The van der Waals surface area contributed by atoms with Gasteiger partial charge in [0.25, 0.3) is 0 Å². The molecule has 0 heterocycles. The van der Waals surface area contributed by atoms with E-state index in [0.29, 0.717) is 6.04 Å². The maximum absolute atomic E-state index is 5.45. The molecule has 1 N–H and O–H groups in total. The van der Waals surface area contributed by atoms with Crippen LogP contribution < -0.4 is 10.1 Å². The van der Waals surface area contributed by atoms with Crippen LogP contribution in [-0.2, 0) is 12.8 Å². The molecule has 0 aliphatic heterocycles. The average Bonchev–Trinajstić information content (AvgIpc) is 2.47. The van der Waals surface area contributed by atoms with Crippen LogP contribution in [0.25, 0.3) is 0 Å². The Labute approximate surface area is 120 Å². The van der Waals surface area contributed by atoms with Gasteiger partial charge in [0.05, 0.1) is 12.8 Å². The lowest BCUT2D eigenvalue weighted by Gasteiger charge is -2.27. The Bertz CT molecular complexity index is 606. The van der Waals surface area contributed by atoms with Crippen molar-refractivity contribution < 1.29 is 4.74 Å². The molecule has 1 unspecified atom stereocenters. The molecule has 3 rings (SSSR count). The molecule has 0 spiro atoms. The van der Waals surface area contributed by atoms with E-state index in [9.17, 15) is 0 Å². The molecule has 0 saturated carbocycles. The molecule has 104 valence electrons. The van der Waals surface area contributed by atoms with Gasteiger partial charge in [-0.15, -0.1) is 0 Å². The lowest BCUT2D eigenvalue weighted by molar-refractivity contribution is 0.415. The van der Waals surface area contributed by atoms with E-state index in [1.165, 1.54) is 23.1 Å². The zero-order valence-corrected chi connectivity index (χ0v) is 12.1. The first kappa shape index (κ1) is 13.0. The molecule has 0 amide bonds. The van der Waals surface area contributed by atoms with Crippen LogP contribution in [0.15, 0.2) is 42.5 Å². The van der Waals surface area contributed by atoms with Gasteiger partial charge in [0.2, 0.25) is 0 Å². The molecule has 1 aliphatic carbocycles. The van der Waals surface area contributed by atoms with Gasteiger partial charge in [0.1, 0.15) is 5.75 Å². The Hall–Kier alpha value is -1.96. The fourth-order valence-corrected chi connectivity index (χ4v) is 2.98. The third-order valence-electron chi connectivity index (χ3n) is 4.06. The SMILES string of the molecule is COc1ccc(C)cc1NC1CCc2ccccc2C1. The normalized spacial score (nSPS) is 17.4. The van der Waals surface area contributed by atoms with Crippen LogP contribution in [-0.4, -0.2) is 13.2 Å². The molecule has 0 radical (unpaired) electrons. The zero-order chi connectivity index (χ0) is 13.9. The minimum absolute atomic E-state index is 0.487. The second-order valence-corrected chi connectivity index (χ2v) is 5.56. The van der Waals surface area contributed by atoms with Gasteiger partial charge in [-0.05, 0) is 55.0 Å². The first-order valence-corrected chi connectivity index (χ1v) is 7.24. The minimum atomic E-state index is 0.487. The third kappa shape index (κ3) is 2.64. The van der Waals surface area contributed by atoms with E-state index in [1.54, 1.807) is 7.11 Å². The topological polar surface area (TPSA) is 21.3 Å². The largest absolute Gasteiger partial charge is 0.495 e. The standard InChI is InChI=1S/C18H21NO/c1-13-7-10-18(20-2)17(11-13)19-16-9-8-14-5-3-4-6-15(14)12-16/h3-7,10-11,16,19H,8-9,12H2,1-2H3. The van der Waals surface area contributed by atoms with E-state index in [-0.39, 0.29) is 0 Å². The monoisotopic (exact) mass is 267 g/mol. The molecule has 2 heteroatoms.